The summed E-state index contributed by atoms with van der Waals surface area (Å²) in [6.45, 7) is 21.3. The van der Waals surface area contributed by atoms with E-state index in [0.29, 0.717) is 24.1 Å². The quantitative estimate of drug-likeness (QED) is 0.113. The van der Waals surface area contributed by atoms with Crippen LogP contribution in [0.3, 0.4) is 0 Å². The fourth-order valence-corrected chi connectivity index (χ4v) is 5.37. The van der Waals surface area contributed by atoms with Crippen LogP contribution < -0.4 is 4.90 Å². The molecule has 0 heterocycles. The molecule has 0 aliphatic carbocycles. The molecule has 0 aromatic heterocycles. The Morgan fingerprint density at radius 1 is 1.06 bits per heavy atom. The third kappa shape index (κ3) is 16.4. The number of methoxy groups -OCH3 is 1. The number of aliphatic hydroxyl groups excluding tert-OH is 1. The summed E-state index contributed by atoms with van der Waals surface area (Å²) in [6.07, 6.45) is 10.8. The van der Waals surface area contributed by atoms with E-state index >= 15 is 0 Å². The smallest absolute Gasteiger partial charge is 0.293 e. The summed E-state index contributed by atoms with van der Waals surface area (Å²) in [7, 11) is 4.88. The molecule has 8 nitrogen and oxygen atoms in total. The minimum absolute atomic E-state index is 0.0360. The van der Waals surface area contributed by atoms with Gasteiger partial charge in [-0.3, -0.25) is 9.59 Å². The molecule has 8 heteroatoms. The maximum Gasteiger partial charge on any atom is 0.293 e. The number of ether oxygens (including phenoxy) is 2. The van der Waals surface area contributed by atoms with Gasteiger partial charge in [0, 0.05) is 50.0 Å². The number of amides is 1. The summed E-state index contributed by atoms with van der Waals surface area (Å²) >= 11 is 0. The van der Waals surface area contributed by atoms with Gasteiger partial charge in [-0.2, -0.15) is 5.26 Å². The molecular weight excluding hydrogens is 616 g/mol. The Balaban J connectivity index is -0.00000111. The van der Waals surface area contributed by atoms with Gasteiger partial charge in [0.2, 0.25) is 5.91 Å². The van der Waals surface area contributed by atoms with Crippen molar-refractivity contribution in [2.75, 3.05) is 39.4 Å². The van der Waals surface area contributed by atoms with E-state index in [1.54, 1.807) is 53.3 Å². The van der Waals surface area contributed by atoms with Crippen LogP contribution in [-0.2, 0) is 23.9 Å². The first-order valence-electron chi connectivity index (χ1n) is 17.3. The van der Waals surface area contributed by atoms with Crippen LogP contribution in [0.15, 0.2) is 61.2 Å². The molecule has 49 heavy (non-hydrogen) atoms. The lowest BCUT2D eigenvalue weighted by Gasteiger charge is -2.45. The van der Waals surface area contributed by atoms with Crippen LogP contribution in [0.4, 0.5) is 5.69 Å². The number of allylic oxidation sites excluding steroid dienone is 3. The Kier molecular flexibility index (Phi) is 29.5. The van der Waals surface area contributed by atoms with E-state index in [2.05, 4.69) is 50.3 Å². The van der Waals surface area contributed by atoms with Gasteiger partial charge >= 0.3 is 0 Å². The van der Waals surface area contributed by atoms with Crippen molar-refractivity contribution < 1.29 is 29.0 Å². The lowest BCUT2D eigenvalue weighted by atomic mass is 9.60. The minimum atomic E-state index is -1.25. The molecule has 0 saturated carbocycles. The van der Waals surface area contributed by atoms with Crippen molar-refractivity contribution in [3.63, 3.8) is 0 Å². The van der Waals surface area contributed by atoms with Crippen LogP contribution in [-0.4, -0.2) is 58.3 Å². The number of anilines is 1. The SMILES string of the molecule is C=CC.CC.CC/C=C/C(C)CC.CCCC(C)(CO)C(C=O)[C@](C)(CCOC=O)C(=O)N(C)c1ccc(C#N)c2ccccc12.COC. The number of rotatable bonds is 15. The number of aldehydes is 1. The number of hydrogen-bond donors (Lipinski definition) is 1. The van der Waals surface area contributed by atoms with Crippen LogP contribution in [0.5, 0.6) is 0 Å². The zero-order chi connectivity index (χ0) is 38.5. The Morgan fingerprint density at radius 3 is 2.04 bits per heavy atom. The van der Waals surface area contributed by atoms with Gasteiger partial charge in [0.1, 0.15) is 6.29 Å². The average Bonchev–Trinajstić information content (AvgIpc) is 3.11. The monoisotopic (exact) mass is 682 g/mol. The molecule has 1 amide bonds. The number of benzene rings is 2. The Hall–Kier alpha value is -3.80. The van der Waals surface area contributed by atoms with Crippen LogP contribution in [0.1, 0.15) is 100.0 Å². The van der Waals surface area contributed by atoms with Crippen molar-refractivity contribution >= 4 is 35.1 Å². The topological polar surface area (TPSA) is 117 Å². The first kappa shape index (κ1) is 49.6. The summed E-state index contributed by atoms with van der Waals surface area (Å²) in [5, 5.41) is 21.1. The zero-order valence-electron chi connectivity index (χ0n) is 32.5. The molecular formula is C41H66N2O6. The van der Waals surface area contributed by atoms with E-state index < -0.39 is 16.7 Å². The van der Waals surface area contributed by atoms with Crippen molar-refractivity contribution in [1.82, 2.24) is 0 Å². The second-order valence-electron chi connectivity index (χ2n) is 12.0. The van der Waals surface area contributed by atoms with Crippen molar-refractivity contribution in [1.29, 1.82) is 5.26 Å². The molecule has 0 spiro atoms. The molecule has 0 radical (unpaired) electrons. The highest BCUT2D eigenvalue weighted by molar-refractivity contribution is 6.07. The number of carbonyl (C=O) groups is 3. The highest BCUT2D eigenvalue weighted by Crippen LogP contribution is 2.46. The Labute approximate surface area is 298 Å². The van der Waals surface area contributed by atoms with E-state index in [1.807, 2.05) is 52.0 Å². The van der Waals surface area contributed by atoms with Gasteiger partial charge < -0.3 is 24.3 Å². The molecule has 2 rings (SSSR count). The molecule has 2 aromatic carbocycles. The highest BCUT2D eigenvalue weighted by atomic mass is 16.5. The van der Waals surface area contributed by atoms with Gasteiger partial charge in [-0.05, 0) is 51.2 Å². The zero-order valence-corrected chi connectivity index (χ0v) is 32.5. The summed E-state index contributed by atoms with van der Waals surface area (Å²) in [5.74, 6) is -0.375. The lowest BCUT2D eigenvalue weighted by Crippen LogP contribution is -2.52. The van der Waals surface area contributed by atoms with Gasteiger partial charge in [0.05, 0.1) is 29.3 Å². The van der Waals surface area contributed by atoms with E-state index in [-0.39, 0.29) is 25.5 Å². The minimum Gasteiger partial charge on any atom is -0.468 e. The van der Waals surface area contributed by atoms with Gasteiger partial charge in [0.15, 0.2) is 0 Å². The number of hydrogen-bond acceptors (Lipinski definition) is 7. The maximum absolute atomic E-state index is 14.0. The summed E-state index contributed by atoms with van der Waals surface area (Å²) in [4.78, 5) is 38.7. The molecule has 0 bridgehead atoms. The molecule has 4 atom stereocenters. The van der Waals surface area contributed by atoms with E-state index in [9.17, 15) is 24.8 Å². The van der Waals surface area contributed by atoms with Gasteiger partial charge in [-0.15, -0.1) is 6.58 Å². The van der Waals surface area contributed by atoms with E-state index in [1.165, 1.54) is 17.7 Å². The third-order valence-electron chi connectivity index (χ3n) is 8.08. The van der Waals surface area contributed by atoms with Crippen molar-refractivity contribution in [3.8, 4) is 6.07 Å². The predicted molar refractivity (Wildman–Crippen MR) is 206 cm³/mol. The molecule has 0 saturated heterocycles. The van der Waals surface area contributed by atoms with Crippen LogP contribution >= 0.6 is 0 Å². The second kappa shape index (κ2) is 29.1. The normalized spacial score (nSPS) is 13.6. The van der Waals surface area contributed by atoms with Gasteiger partial charge in [0.25, 0.3) is 6.47 Å². The van der Waals surface area contributed by atoms with E-state index in [4.69, 9.17) is 4.74 Å². The average molecular weight is 683 g/mol. The summed E-state index contributed by atoms with van der Waals surface area (Å²) < 4.78 is 9.15. The number of nitrogens with zero attached hydrogens (tertiary/aromatic N) is 2. The maximum atomic E-state index is 14.0. The molecule has 0 fully saturated rings. The third-order valence-corrected chi connectivity index (χ3v) is 8.08. The molecule has 276 valence electrons. The first-order valence-corrected chi connectivity index (χ1v) is 17.3. The van der Waals surface area contributed by atoms with Crippen molar-refractivity contribution in [3.05, 3.63) is 66.8 Å². The summed E-state index contributed by atoms with van der Waals surface area (Å²) in [6, 6.07) is 12.9. The predicted octanol–water partition coefficient (Wildman–Crippen LogP) is 9.34. The van der Waals surface area contributed by atoms with Crippen molar-refractivity contribution in [2.45, 2.75) is 94.4 Å². The number of nitriles is 1. The highest BCUT2D eigenvalue weighted by Gasteiger charge is 2.51. The van der Waals surface area contributed by atoms with Crippen LogP contribution in [0, 0.1) is 34.0 Å². The van der Waals surface area contributed by atoms with Crippen molar-refractivity contribution in [2.24, 2.45) is 22.7 Å². The molecule has 0 aliphatic heterocycles. The fourth-order valence-electron chi connectivity index (χ4n) is 5.37. The fraction of sp³-hybridized carbons (Fsp3) is 0.561. The molecule has 0 aliphatic rings. The Morgan fingerprint density at radius 2 is 1.61 bits per heavy atom. The first-order chi connectivity index (χ1) is 23.4. The molecule has 2 aromatic rings. The molecule has 3 unspecified atom stereocenters. The van der Waals surface area contributed by atoms with Crippen LogP contribution in [0.25, 0.3) is 10.8 Å². The lowest BCUT2D eigenvalue weighted by molar-refractivity contribution is -0.144. The number of carbonyl (C=O) groups excluding carboxylic acids is 3. The van der Waals surface area contributed by atoms with E-state index in [0.717, 1.165) is 29.4 Å². The summed E-state index contributed by atoms with van der Waals surface area (Å²) in [5.41, 5.74) is -0.974. The van der Waals surface area contributed by atoms with Gasteiger partial charge in [-0.1, -0.05) is 104 Å². The Bertz CT molecular complexity index is 1270. The van der Waals surface area contributed by atoms with Gasteiger partial charge in [-0.25, -0.2) is 0 Å². The second-order valence-corrected chi connectivity index (χ2v) is 12.0. The largest absolute Gasteiger partial charge is 0.468 e. The standard InChI is InChI=1S/C26H32N2O5.C8H16.C3H6.C2H6O.C2H6/c1-5-12-25(2,17-30)23(16-29)26(3,13-14-33-18-31)24(32)28(4)22-11-10-19(15-27)20-8-6-7-9-21(20)22;1-4-6-7-8(3)5-2;2*1-3-2;1-2/h6-11,16,18,23,30H,5,12-14,17H2,1-4H3;6-8H,4-5H2,1-3H3;3H,1H2,2H3;1-2H3;1-2H3/b;7-6+;;;/t23?,25?,26-;;;;/m0..../s1. The number of fused-ring (bicyclic) bond motifs is 1. The number of aliphatic hydroxyl groups is 1. The molecule has 1 N–H and O–H groups in total. The van der Waals surface area contributed by atoms with Crippen LogP contribution in [0.2, 0.25) is 0 Å².